The summed E-state index contributed by atoms with van der Waals surface area (Å²) in [5.41, 5.74) is 2.06. The first-order valence-electron chi connectivity index (χ1n) is 8.31. The van der Waals surface area contributed by atoms with Crippen LogP contribution in [0, 0.1) is 0 Å². The summed E-state index contributed by atoms with van der Waals surface area (Å²) < 4.78 is 2.15. The lowest BCUT2D eigenvalue weighted by Crippen LogP contribution is -2.45. The Hall–Kier alpha value is -2.41. The molecular formula is C17H22N4O3. The van der Waals surface area contributed by atoms with E-state index in [1.807, 2.05) is 24.3 Å². The number of amides is 1. The number of rotatable bonds is 6. The topological polar surface area (TPSA) is 96.2 Å². The molecule has 0 bridgehead atoms. The molecule has 0 aliphatic carbocycles. The van der Waals surface area contributed by atoms with Crippen LogP contribution in [0.25, 0.3) is 11.0 Å². The average Bonchev–Trinajstić information content (AvgIpc) is 3.19. The molecule has 2 aromatic rings. The van der Waals surface area contributed by atoms with Crippen LogP contribution < -0.4 is 10.6 Å². The summed E-state index contributed by atoms with van der Waals surface area (Å²) in [4.78, 5) is 27.7. The Labute approximate surface area is 140 Å². The van der Waals surface area contributed by atoms with Gasteiger partial charge in [0.05, 0.1) is 17.1 Å². The summed E-state index contributed by atoms with van der Waals surface area (Å²) in [5, 5.41) is 14.7. The van der Waals surface area contributed by atoms with Crippen LogP contribution in [-0.2, 0) is 22.6 Å². The SMILES string of the molecule is CCn1c(CCNC(=O)[C@H]2CC[C@@H](C(=O)O)N2)nc2ccccc21. The Morgan fingerprint density at radius 2 is 2.08 bits per heavy atom. The number of carbonyl (C=O) groups is 2. The second kappa shape index (κ2) is 7.00. The zero-order valence-electron chi connectivity index (χ0n) is 13.7. The van der Waals surface area contributed by atoms with Gasteiger partial charge >= 0.3 is 5.97 Å². The number of fused-ring (bicyclic) bond motifs is 1. The molecule has 1 fully saturated rings. The van der Waals surface area contributed by atoms with Gasteiger partial charge in [0.1, 0.15) is 11.9 Å². The minimum atomic E-state index is -0.901. The van der Waals surface area contributed by atoms with Gasteiger partial charge in [-0.1, -0.05) is 12.1 Å². The van der Waals surface area contributed by atoms with Gasteiger partial charge in [-0.3, -0.25) is 14.9 Å². The number of nitrogens with one attached hydrogen (secondary N) is 2. The number of imidazole rings is 1. The van der Waals surface area contributed by atoms with E-state index in [4.69, 9.17) is 5.11 Å². The van der Waals surface area contributed by atoms with Gasteiger partial charge in [0.2, 0.25) is 5.91 Å². The van der Waals surface area contributed by atoms with Gasteiger partial charge < -0.3 is 15.0 Å². The van der Waals surface area contributed by atoms with Gasteiger partial charge in [0.25, 0.3) is 0 Å². The van der Waals surface area contributed by atoms with Gasteiger partial charge in [0.15, 0.2) is 0 Å². The highest BCUT2D eigenvalue weighted by Gasteiger charge is 2.32. The van der Waals surface area contributed by atoms with Crippen LogP contribution in [0.2, 0.25) is 0 Å². The van der Waals surface area contributed by atoms with Crippen LogP contribution >= 0.6 is 0 Å². The van der Waals surface area contributed by atoms with Gasteiger partial charge in [-0.25, -0.2) is 4.98 Å². The summed E-state index contributed by atoms with van der Waals surface area (Å²) in [7, 11) is 0. The van der Waals surface area contributed by atoms with Crippen LogP contribution in [0.3, 0.4) is 0 Å². The highest BCUT2D eigenvalue weighted by atomic mass is 16.4. The lowest BCUT2D eigenvalue weighted by Gasteiger charge is -2.12. The van der Waals surface area contributed by atoms with Gasteiger partial charge in [-0.2, -0.15) is 0 Å². The molecule has 0 saturated carbocycles. The largest absolute Gasteiger partial charge is 0.480 e. The molecule has 0 radical (unpaired) electrons. The average molecular weight is 330 g/mol. The highest BCUT2D eigenvalue weighted by molar-refractivity contribution is 5.84. The molecule has 2 atom stereocenters. The molecule has 0 unspecified atom stereocenters. The van der Waals surface area contributed by atoms with Crippen molar-refractivity contribution in [2.45, 2.75) is 44.8 Å². The van der Waals surface area contributed by atoms with Crippen LogP contribution in [0.5, 0.6) is 0 Å². The van der Waals surface area contributed by atoms with Crippen molar-refractivity contribution in [3.8, 4) is 0 Å². The fourth-order valence-corrected chi connectivity index (χ4v) is 3.23. The molecule has 7 nitrogen and oxygen atoms in total. The number of carbonyl (C=O) groups excluding carboxylic acids is 1. The minimum Gasteiger partial charge on any atom is -0.480 e. The number of carboxylic acid groups (broad SMARTS) is 1. The Bertz CT molecular complexity index is 755. The lowest BCUT2D eigenvalue weighted by molar-refractivity contribution is -0.139. The van der Waals surface area contributed by atoms with Crippen molar-refractivity contribution >= 4 is 22.9 Å². The summed E-state index contributed by atoms with van der Waals surface area (Å²) in [6.45, 7) is 3.39. The Kier molecular flexibility index (Phi) is 4.80. The smallest absolute Gasteiger partial charge is 0.320 e. The second-order valence-corrected chi connectivity index (χ2v) is 5.99. The van der Waals surface area contributed by atoms with E-state index in [-0.39, 0.29) is 5.91 Å². The molecule has 3 rings (SSSR count). The van der Waals surface area contributed by atoms with Crippen molar-refractivity contribution in [1.29, 1.82) is 0 Å². The van der Waals surface area contributed by atoms with Gasteiger partial charge in [-0.05, 0) is 31.9 Å². The Morgan fingerprint density at radius 1 is 1.33 bits per heavy atom. The summed E-state index contributed by atoms with van der Waals surface area (Å²) in [6, 6.07) is 6.94. The second-order valence-electron chi connectivity index (χ2n) is 5.99. The van der Waals surface area contributed by atoms with Crippen LogP contribution in [0.15, 0.2) is 24.3 Å². The molecule has 1 aliphatic rings. The van der Waals surface area contributed by atoms with Crippen molar-refractivity contribution in [2.24, 2.45) is 0 Å². The molecule has 24 heavy (non-hydrogen) atoms. The van der Waals surface area contributed by atoms with E-state index in [0.29, 0.717) is 25.8 Å². The van der Waals surface area contributed by atoms with Crippen LogP contribution in [0.1, 0.15) is 25.6 Å². The molecule has 1 saturated heterocycles. The number of carboxylic acids is 1. The first kappa shape index (κ1) is 16.4. The van der Waals surface area contributed by atoms with E-state index < -0.39 is 18.1 Å². The molecule has 1 aromatic carbocycles. The molecule has 1 amide bonds. The standard InChI is InChI=1S/C17H22N4O3/c1-2-21-14-6-4-3-5-11(14)20-15(21)9-10-18-16(22)12-7-8-13(19-12)17(23)24/h3-6,12-13,19H,2,7-10H2,1H3,(H,18,22)(H,23,24)/t12-,13+/m1/s1. The fraction of sp³-hybridized carbons (Fsp3) is 0.471. The highest BCUT2D eigenvalue weighted by Crippen LogP contribution is 2.16. The van der Waals surface area contributed by atoms with Crippen LogP contribution in [0.4, 0.5) is 0 Å². The van der Waals surface area contributed by atoms with E-state index in [1.54, 1.807) is 0 Å². The number of aryl methyl sites for hydroxylation is 1. The van der Waals surface area contributed by atoms with Gasteiger partial charge in [-0.15, -0.1) is 0 Å². The third-order valence-electron chi connectivity index (χ3n) is 4.46. The number of aliphatic carboxylic acids is 1. The maximum absolute atomic E-state index is 12.1. The number of para-hydroxylation sites is 2. The molecule has 1 aliphatic heterocycles. The normalized spacial score (nSPS) is 20.4. The molecule has 2 heterocycles. The zero-order valence-corrected chi connectivity index (χ0v) is 13.7. The predicted molar refractivity (Wildman–Crippen MR) is 89.7 cm³/mol. The van der Waals surface area contributed by atoms with Gasteiger partial charge in [0, 0.05) is 19.5 Å². The molecule has 1 aromatic heterocycles. The monoisotopic (exact) mass is 330 g/mol. The van der Waals surface area contributed by atoms with Crippen molar-refractivity contribution in [3.05, 3.63) is 30.1 Å². The molecule has 7 heteroatoms. The molecular weight excluding hydrogens is 308 g/mol. The number of aromatic nitrogens is 2. The molecule has 128 valence electrons. The lowest BCUT2D eigenvalue weighted by atomic mass is 10.2. The third-order valence-corrected chi connectivity index (χ3v) is 4.46. The first-order valence-corrected chi connectivity index (χ1v) is 8.31. The Balaban J connectivity index is 1.57. The van der Waals surface area contributed by atoms with E-state index in [0.717, 1.165) is 23.4 Å². The van der Waals surface area contributed by atoms with Crippen molar-refractivity contribution in [3.63, 3.8) is 0 Å². The van der Waals surface area contributed by atoms with Crippen molar-refractivity contribution in [2.75, 3.05) is 6.54 Å². The fourth-order valence-electron chi connectivity index (χ4n) is 3.23. The summed E-state index contributed by atoms with van der Waals surface area (Å²) >= 11 is 0. The number of hydrogen-bond donors (Lipinski definition) is 3. The maximum Gasteiger partial charge on any atom is 0.320 e. The van der Waals surface area contributed by atoms with E-state index in [9.17, 15) is 9.59 Å². The zero-order chi connectivity index (χ0) is 17.1. The van der Waals surface area contributed by atoms with Crippen molar-refractivity contribution < 1.29 is 14.7 Å². The molecule has 3 N–H and O–H groups in total. The number of hydrogen-bond acceptors (Lipinski definition) is 4. The first-order chi connectivity index (χ1) is 11.6. The number of nitrogens with zero attached hydrogens (tertiary/aromatic N) is 2. The maximum atomic E-state index is 12.1. The van der Waals surface area contributed by atoms with Crippen LogP contribution in [-0.4, -0.2) is 45.2 Å². The van der Waals surface area contributed by atoms with E-state index >= 15 is 0 Å². The quantitative estimate of drug-likeness (QED) is 0.732. The minimum absolute atomic E-state index is 0.141. The molecule has 0 spiro atoms. The van der Waals surface area contributed by atoms with E-state index in [2.05, 4.69) is 27.1 Å². The summed E-state index contributed by atoms with van der Waals surface area (Å²) in [5.74, 6) is -0.0957. The van der Waals surface area contributed by atoms with Crippen molar-refractivity contribution in [1.82, 2.24) is 20.2 Å². The third kappa shape index (κ3) is 3.26. The summed E-state index contributed by atoms with van der Waals surface area (Å²) in [6.07, 6.45) is 1.68. The number of benzene rings is 1. The predicted octanol–water partition coefficient (Wildman–Crippen LogP) is 0.920. The Morgan fingerprint density at radius 3 is 2.79 bits per heavy atom. The van der Waals surface area contributed by atoms with E-state index in [1.165, 1.54) is 0 Å².